The topological polar surface area (TPSA) is 6.48 Å². The number of rotatable bonds is 1. The second kappa shape index (κ2) is 4.78. The quantitative estimate of drug-likeness (QED) is 0.680. The summed E-state index contributed by atoms with van der Waals surface area (Å²) < 4.78 is 6.54. The zero-order valence-electron chi connectivity index (χ0n) is 12.3. The molecule has 3 heteroatoms. The monoisotopic (exact) mass is 334 g/mol. The molecule has 2 nitrogen and oxygen atoms in total. The van der Waals surface area contributed by atoms with Gasteiger partial charge in [0, 0.05) is 0 Å². The van der Waals surface area contributed by atoms with Gasteiger partial charge in [-0.25, -0.2) is 0 Å². The molecule has 0 unspecified atom stereocenters. The van der Waals surface area contributed by atoms with Crippen molar-refractivity contribution in [2.24, 2.45) is 0 Å². The summed E-state index contributed by atoms with van der Waals surface area (Å²) in [4.78, 5) is 0. The van der Waals surface area contributed by atoms with E-state index in [1.165, 1.54) is 13.1 Å². The second-order valence-corrected chi connectivity index (χ2v) is 14.5. The molecule has 1 aliphatic heterocycles. The van der Waals surface area contributed by atoms with Gasteiger partial charge in [0.25, 0.3) is 0 Å². The first-order chi connectivity index (χ1) is 7.05. The summed E-state index contributed by atoms with van der Waals surface area (Å²) in [5.74, 6) is 0. The van der Waals surface area contributed by atoms with Crippen molar-refractivity contribution >= 4 is 20.8 Å². The zero-order valence-corrected chi connectivity index (χ0v) is 14.9. The van der Waals surface area contributed by atoms with Crippen molar-refractivity contribution in [1.29, 1.82) is 0 Å². The van der Waals surface area contributed by atoms with E-state index in [2.05, 4.69) is 61.5 Å². The van der Waals surface area contributed by atoms with E-state index in [0.717, 1.165) is 3.86 Å². The molecule has 0 spiro atoms. The Labute approximate surface area is 110 Å². The maximum absolute atomic E-state index is 2.84. The molecule has 0 aromatic carbocycles. The van der Waals surface area contributed by atoms with E-state index < -0.39 is 20.8 Å². The fourth-order valence-corrected chi connectivity index (χ4v) is 11.5. The van der Waals surface area contributed by atoms with Gasteiger partial charge in [0.15, 0.2) is 0 Å². The van der Waals surface area contributed by atoms with Gasteiger partial charge in [-0.2, -0.15) is 0 Å². The molecular formula is C13H29N2Sb. The summed E-state index contributed by atoms with van der Waals surface area (Å²) in [7, 11) is 0. The van der Waals surface area contributed by atoms with Gasteiger partial charge < -0.3 is 0 Å². The molecule has 0 bridgehead atoms. The number of hydrogen-bond acceptors (Lipinski definition) is 2. The van der Waals surface area contributed by atoms with Gasteiger partial charge in [-0.3, -0.25) is 0 Å². The van der Waals surface area contributed by atoms with Crippen LogP contribution in [0.15, 0.2) is 0 Å². The molecule has 16 heavy (non-hydrogen) atoms. The van der Waals surface area contributed by atoms with Gasteiger partial charge in [-0.15, -0.1) is 0 Å². The van der Waals surface area contributed by atoms with Gasteiger partial charge in [0.1, 0.15) is 0 Å². The van der Waals surface area contributed by atoms with E-state index in [4.69, 9.17) is 0 Å². The number of nitrogens with zero attached hydrogens (tertiary/aromatic N) is 2. The Balaban J connectivity index is 2.94. The first kappa shape index (κ1) is 14.8. The van der Waals surface area contributed by atoms with Crippen LogP contribution in [0, 0.1) is 0 Å². The van der Waals surface area contributed by atoms with Crippen LogP contribution in [0.4, 0.5) is 0 Å². The summed E-state index contributed by atoms with van der Waals surface area (Å²) in [6, 6.07) is 0. The molecule has 1 saturated heterocycles. The Hall–Kier alpha value is 0.738. The third-order valence-corrected chi connectivity index (χ3v) is 13.1. The van der Waals surface area contributed by atoms with Gasteiger partial charge in [-0.1, -0.05) is 0 Å². The third kappa shape index (κ3) is 3.15. The summed E-state index contributed by atoms with van der Waals surface area (Å²) in [6.45, 7) is 21.6. The van der Waals surface area contributed by atoms with E-state index in [0.29, 0.717) is 11.1 Å². The van der Waals surface area contributed by atoms with E-state index in [1.807, 2.05) is 0 Å². The summed E-state index contributed by atoms with van der Waals surface area (Å²) >= 11 is -1.46. The molecule has 0 aromatic heterocycles. The minimum atomic E-state index is -1.46. The maximum atomic E-state index is 2.84. The molecule has 1 fully saturated rings. The van der Waals surface area contributed by atoms with Crippen LogP contribution in [0.2, 0.25) is 3.86 Å². The molecule has 0 N–H and O–H groups in total. The summed E-state index contributed by atoms with van der Waals surface area (Å²) in [5.41, 5.74) is 0.708. The summed E-state index contributed by atoms with van der Waals surface area (Å²) in [6.07, 6.45) is 0. The molecule has 0 saturated carbocycles. The Kier molecular flexibility index (Phi) is 4.42. The fourth-order valence-electron chi connectivity index (χ4n) is 2.37. The van der Waals surface area contributed by atoms with Crippen molar-refractivity contribution in [2.45, 2.75) is 70.3 Å². The Morgan fingerprint density at radius 1 is 0.812 bits per heavy atom. The normalized spacial score (nSPS) is 22.3. The molecule has 0 amide bonds. The predicted molar refractivity (Wildman–Crippen MR) is 73.8 cm³/mol. The SMILES string of the molecule is C[CH](C)[Sb]1[N](C(C)(C)C)CC[N]1C(C)(C)C. The minimum absolute atomic E-state index is 0.354. The van der Waals surface area contributed by atoms with Crippen LogP contribution in [-0.2, 0) is 0 Å². The van der Waals surface area contributed by atoms with Crippen molar-refractivity contribution < 1.29 is 0 Å². The molecule has 1 aliphatic rings. The molecule has 96 valence electrons. The van der Waals surface area contributed by atoms with Gasteiger partial charge in [-0.05, 0) is 0 Å². The molecule has 0 aliphatic carbocycles. The van der Waals surface area contributed by atoms with Gasteiger partial charge in [0.2, 0.25) is 0 Å². The van der Waals surface area contributed by atoms with Gasteiger partial charge in [0.05, 0.1) is 0 Å². The van der Waals surface area contributed by atoms with Crippen LogP contribution >= 0.6 is 0 Å². The number of hydrogen-bond donors (Lipinski definition) is 0. The molecule has 1 heterocycles. The Bertz CT molecular complexity index is 215. The van der Waals surface area contributed by atoms with Crippen molar-refractivity contribution in [3.63, 3.8) is 0 Å². The van der Waals surface area contributed by atoms with Crippen LogP contribution in [0.25, 0.3) is 0 Å². The van der Waals surface area contributed by atoms with Crippen LogP contribution in [-0.4, -0.2) is 51.0 Å². The standard InChI is InChI=1S/C10H22N2.C3H7.Sb/c1-9(2,3)11-7-8-12-10(4,5)6;1-3-2;/h7-8H2,1-6H3;3H,1-2H3;/q-2;;+2. The van der Waals surface area contributed by atoms with Crippen molar-refractivity contribution in [3.8, 4) is 0 Å². The van der Waals surface area contributed by atoms with E-state index in [1.54, 1.807) is 0 Å². The summed E-state index contributed by atoms with van der Waals surface area (Å²) in [5, 5.41) is 0. The van der Waals surface area contributed by atoms with E-state index >= 15 is 0 Å². The Morgan fingerprint density at radius 3 is 1.31 bits per heavy atom. The fraction of sp³-hybridized carbons (Fsp3) is 1.00. The third-order valence-electron chi connectivity index (χ3n) is 3.03. The molecule has 1 rings (SSSR count). The first-order valence-corrected chi connectivity index (χ1v) is 10.1. The van der Waals surface area contributed by atoms with E-state index in [-0.39, 0.29) is 0 Å². The van der Waals surface area contributed by atoms with Crippen LogP contribution in [0.1, 0.15) is 55.4 Å². The average Bonchev–Trinajstić information content (AvgIpc) is 2.43. The van der Waals surface area contributed by atoms with Crippen LogP contribution in [0.5, 0.6) is 0 Å². The van der Waals surface area contributed by atoms with Crippen molar-refractivity contribution in [3.05, 3.63) is 0 Å². The first-order valence-electron chi connectivity index (χ1n) is 6.39. The van der Waals surface area contributed by atoms with E-state index in [9.17, 15) is 0 Å². The average molecular weight is 335 g/mol. The van der Waals surface area contributed by atoms with Crippen LogP contribution < -0.4 is 0 Å². The Morgan fingerprint density at radius 2 is 1.12 bits per heavy atom. The predicted octanol–water partition coefficient (Wildman–Crippen LogP) is 3.10. The van der Waals surface area contributed by atoms with Crippen molar-refractivity contribution in [2.75, 3.05) is 13.1 Å². The molecular weight excluding hydrogens is 306 g/mol. The second-order valence-electron chi connectivity index (χ2n) is 7.00. The molecule has 0 aromatic rings. The van der Waals surface area contributed by atoms with Crippen LogP contribution in [0.3, 0.4) is 0 Å². The van der Waals surface area contributed by atoms with Gasteiger partial charge >= 0.3 is 110 Å². The van der Waals surface area contributed by atoms with Crippen molar-refractivity contribution in [1.82, 2.24) is 6.12 Å². The molecule has 0 radical (unpaired) electrons. The zero-order chi connectivity index (χ0) is 12.7. The molecule has 0 atom stereocenters.